The highest BCUT2D eigenvalue weighted by Gasteiger charge is 2.25. The SMILES string of the molecule is COc1nc(OC)nc(N2CCCC(NC(=O)c3ccn(C)n3)C2)n1. The highest BCUT2D eigenvalue weighted by Crippen LogP contribution is 2.20. The molecule has 0 radical (unpaired) electrons. The Morgan fingerprint density at radius 2 is 1.96 bits per heavy atom. The second kappa shape index (κ2) is 7.32. The largest absolute Gasteiger partial charge is 0.467 e. The van der Waals surface area contributed by atoms with Crippen LogP contribution in [-0.4, -0.2) is 64.0 Å². The number of anilines is 1. The van der Waals surface area contributed by atoms with Crippen LogP contribution >= 0.6 is 0 Å². The van der Waals surface area contributed by atoms with E-state index in [9.17, 15) is 4.79 Å². The van der Waals surface area contributed by atoms with Gasteiger partial charge in [-0.1, -0.05) is 0 Å². The van der Waals surface area contributed by atoms with Crippen LogP contribution in [0, 0.1) is 0 Å². The number of piperidine rings is 1. The minimum absolute atomic E-state index is 0.0167. The van der Waals surface area contributed by atoms with E-state index in [2.05, 4.69) is 25.4 Å². The summed E-state index contributed by atoms with van der Waals surface area (Å²) in [6.45, 7) is 1.38. The summed E-state index contributed by atoms with van der Waals surface area (Å²) in [6, 6.07) is 2.07. The van der Waals surface area contributed by atoms with Gasteiger partial charge in [0.25, 0.3) is 5.91 Å². The molecule has 0 aromatic carbocycles. The molecule has 0 saturated carbocycles. The van der Waals surface area contributed by atoms with Gasteiger partial charge in [0.05, 0.1) is 14.2 Å². The summed E-state index contributed by atoms with van der Waals surface area (Å²) in [6.07, 6.45) is 3.53. The van der Waals surface area contributed by atoms with E-state index >= 15 is 0 Å². The first kappa shape index (κ1) is 16.9. The molecular weight excluding hydrogens is 326 g/mol. The van der Waals surface area contributed by atoms with E-state index in [1.807, 2.05) is 4.90 Å². The Morgan fingerprint density at radius 3 is 2.56 bits per heavy atom. The summed E-state index contributed by atoms with van der Waals surface area (Å²) in [4.78, 5) is 26.8. The summed E-state index contributed by atoms with van der Waals surface area (Å²) >= 11 is 0. The lowest BCUT2D eigenvalue weighted by atomic mass is 10.1. The van der Waals surface area contributed by atoms with Crippen LogP contribution in [-0.2, 0) is 7.05 Å². The maximum atomic E-state index is 12.3. The number of hydrogen-bond acceptors (Lipinski definition) is 8. The monoisotopic (exact) mass is 347 g/mol. The molecule has 1 aliphatic rings. The zero-order valence-corrected chi connectivity index (χ0v) is 14.5. The van der Waals surface area contributed by atoms with Crippen LogP contribution in [0.2, 0.25) is 0 Å². The van der Waals surface area contributed by atoms with Gasteiger partial charge in [-0.05, 0) is 18.9 Å². The maximum absolute atomic E-state index is 12.3. The van der Waals surface area contributed by atoms with Crippen molar-refractivity contribution in [1.82, 2.24) is 30.0 Å². The third kappa shape index (κ3) is 3.95. The molecule has 1 fully saturated rings. The van der Waals surface area contributed by atoms with Crippen LogP contribution in [0.5, 0.6) is 12.0 Å². The van der Waals surface area contributed by atoms with E-state index in [0.717, 1.165) is 19.4 Å². The van der Waals surface area contributed by atoms with Gasteiger partial charge in [0.1, 0.15) is 5.69 Å². The van der Waals surface area contributed by atoms with E-state index in [4.69, 9.17) is 9.47 Å². The lowest BCUT2D eigenvalue weighted by Crippen LogP contribution is -2.48. The molecule has 1 amide bonds. The molecule has 0 bridgehead atoms. The number of methoxy groups -OCH3 is 2. The normalized spacial score (nSPS) is 17.2. The van der Waals surface area contributed by atoms with Crippen molar-refractivity contribution in [3.63, 3.8) is 0 Å². The van der Waals surface area contributed by atoms with Crippen molar-refractivity contribution in [2.24, 2.45) is 7.05 Å². The lowest BCUT2D eigenvalue weighted by molar-refractivity contribution is 0.0927. The van der Waals surface area contributed by atoms with Crippen LogP contribution in [0.4, 0.5) is 5.95 Å². The van der Waals surface area contributed by atoms with Crippen molar-refractivity contribution in [2.45, 2.75) is 18.9 Å². The Morgan fingerprint density at radius 1 is 1.24 bits per heavy atom. The third-order valence-corrected chi connectivity index (χ3v) is 3.93. The Kier molecular flexibility index (Phi) is 4.96. The van der Waals surface area contributed by atoms with Gasteiger partial charge in [0.2, 0.25) is 5.95 Å². The Labute approximate surface area is 145 Å². The van der Waals surface area contributed by atoms with E-state index in [-0.39, 0.29) is 24.0 Å². The van der Waals surface area contributed by atoms with Crippen molar-refractivity contribution in [3.8, 4) is 12.0 Å². The molecule has 1 unspecified atom stereocenters. The topological polar surface area (TPSA) is 107 Å². The van der Waals surface area contributed by atoms with Gasteiger partial charge >= 0.3 is 12.0 Å². The molecule has 1 aliphatic heterocycles. The molecule has 134 valence electrons. The van der Waals surface area contributed by atoms with E-state index in [1.165, 1.54) is 14.2 Å². The van der Waals surface area contributed by atoms with Crippen molar-refractivity contribution < 1.29 is 14.3 Å². The molecule has 1 saturated heterocycles. The molecular formula is C15H21N7O3. The van der Waals surface area contributed by atoms with Crippen molar-refractivity contribution in [3.05, 3.63) is 18.0 Å². The first-order chi connectivity index (χ1) is 12.1. The molecule has 0 spiro atoms. The molecule has 1 N–H and O–H groups in total. The summed E-state index contributed by atoms with van der Waals surface area (Å²) in [5, 5.41) is 7.14. The molecule has 10 nitrogen and oxygen atoms in total. The van der Waals surface area contributed by atoms with Crippen LogP contribution in [0.3, 0.4) is 0 Å². The number of amides is 1. The second-order valence-corrected chi connectivity index (χ2v) is 5.74. The molecule has 0 aliphatic carbocycles. The molecule has 1 atom stereocenters. The Hall–Kier alpha value is -2.91. The van der Waals surface area contributed by atoms with Gasteiger partial charge in [-0.2, -0.15) is 15.1 Å². The van der Waals surface area contributed by atoms with Crippen LogP contribution in [0.1, 0.15) is 23.3 Å². The van der Waals surface area contributed by atoms with E-state index in [1.54, 1.807) is 24.0 Å². The minimum atomic E-state index is -0.182. The summed E-state index contributed by atoms with van der Waals surface area (Å²) in [7, 11) is 4.76. The van der Waals surface area contributed by atoms with Gasteiger partial charge in [-0.15, -0.1) is 4.98 Å². The second-order valence-electron chi connectivity index (χ2n) is 5.74. The fourth-order valence-electron chi connectivity index (χ4n) is 2.72. The number of nitrogens with one attached hydrogen (secondary N) is 1. The third-order valence-electron chi connectivity index (χ3n) is 3.93. The van der Waals surface area contributed by atoms with Crippen molar-refractivity contribution in [2.75, 3.05) is 32.2 Å². The lowest BCUT2D eigenvalue weighted by Gasteiger charge is -2.33. The number of hydrogen-bond donors (Lipinski definition) is 1. The molecule has 3 heterocycles. The first-order valence-electron chi connectivity index (χ1n) is 7.98. The smallest absolute Gasteiger partial charge is 0.324 e. The van der Waals surface area contributed by atoms with E-state index < -0.39 is 0 Å². The average Bonchev–Trinajstić information content (AvgIpc) is 3.08. The summed E-state index contributed by atoms with van der Waals surface area (Å²) in [5.41, 5.74) is 0.406. The van der Waals surface area contributed by atoms with E-state index in [0.29, 0.717) is 18.2 Å². The molecule has 3 rings (SSSR count). The van der Waals surface area contributed by atoms with Gasteiger partial charge in [0, 0.05) is 32.4 Å². The number of carbonyl (C=O) groups excluding carboxylic acids is 1. The van der Waals surface area contributed by atoms with Gasteiger partial charge in [-0.25, -0.2) is 0 Å². The number of nitrogens with zero attached hydrogens (tertiary/aromatic N) is 6. The molecule has 10 heteroatoms. The zero-order valence-electron chi connectivity index (χ0n) is 14.5. The van der Waals surface area contributed by atoms with Crippen LogP contribution in [0.15, 0.2) is 12.3 Å². The van der Waals surface area contributed by atoms with Crippen molar-refractivity contribution >= 4 is 11.9 Å². The number of rotatable bonds is 5. The van der Waals surface area contributed by atoms with Crippen molar-refractivity contribution in [1.29, 1.82) is 0 Å². The van der Waals surface area contributed by atoms with Gasteiger partial charge in [0.15, 0.2) is 0 Å². The predicted octanol–water partition coefficient (Wildman–Crippen LogP) is 0.0211. The highest BCUT2D eigenvalue weighted by atomic mass is 16.5. The number of aryl methyl sites for hydroxylation is 1. The highest BCUT2D eigenvalue weighted by molar-refractivity contribution is 5.92. The predicted molar refractivity (Wildman–Crippen MR) is 88.8 cm³/mol. The van der Waals surface area contributed by atoms with Gasteiger partial charge in [-0.3, -0.25) is 9.48 Å². The first-order valence-corrected chi connectivity index (χ1v) is 7.98. The Balaban J connectivity index is 1.69. The minimum Gasteiger partial charge on any atom is -0.467 e. The molecule has 2 aromatic rings. The average molecular weight is 347 g/mol. The number of carbonyl (C=O) groups is 1. The molecule has 25 heavy (non-hydrogen) atoms. The number of ether oxygens (including phenoxy) is 2. The van der Waals surface area contributed by atoms with Crippen LogP contribution < -0.4 is 19.7 Å². The fourth-order valence-corrected chi connectivity index (χ4v) is 2.72. The number of aromatic nitrogens is 5. The summed E-state index contributed by atoms with van der Waals surface area (Å²) < 4.78 is 11.8. The fraction of sp³-hybridized carbons (Fsp3) is 0.533. The van der Waals surface area contributed by atoms with Gasteiger partial charge < -0.3 is 19.7 Å². The zero-order chi connectivity index (χ0) is 17.8. The van der Waals surface area contributed by atoms with Crippen LogP contribution in [0.25, 0.3) is 0 Å². The standard InChI is InChI=1S/C15H21N7O3/c1-21-8-6-11(20-21)12(23)16-10-5-4-7-22(9-10)13-17-14(24-2)19-15(18-13)25-3/h6,8,10H,4-5,7,9H2,1-3H3,(H,16,23). The maximum Gasteiger partial charge on any atom is 0.324 e. The summed E-state index contributed by atoms with van der Waals surface area (Å²) in [5.74, 6) is 0.291. The molecule has 2 aromatic heterocycles. The Bertz CT molecular complexity index is 726. The quantitative estimate of drug-likeness (QED) is 0.807.